The van der Waals surface area contributed by atoms with Crippen LogP contribution in [0.25, 0.3) is 0 Å². The number of rotatable bonds is 10. The molecule has 0 radical (unpaired) electrons. The van der Waals surface area contributed by atoms with Gasteiger partial charge in [-0.2, -0.15) is 8.42 Å². The average Bonchev–Trinajstić information content (AvgIpc) is 2.67. The summed E-state index contributed by atoms with van der Waals surface area (Å²) in [6.07, 6.45) is 1.21. The minimum atomic E-state index is -3.74. The SMILES string of the molecule is CCOC(=O)C(C)(C)Oc1ccc(CCCOS(=O)(=O)c2ccc(C)cc2)cc1. The Balaban J connectivity index is 1.83. The van der Waals surface area contributed by atoms with E-state index >= 15 is 0 Å². The minimum Gasteiger partial charge on any atom is -0.476 e. The quantitative estimate of drug-likeness (QED) is 0.328. The third kappa shape index (κ3) is 6.87. The molecule has 7 heteroatoms. The van der Waals surface area contributed by atoms with Crippen LogP contribution in [0.15, 0.2) is 53.4 Å². The van der Waals surface area contributed by atoms with Gasteiger partial charge >= 0.3 is 5.97 Å². The third-order valence-corrected chi connectivity index (χ3v) is 5.55. The number of carbonyl (C=O) groups is 1. The maximum absolute atomic E-state index is 12.2. The van der Waals surface area contributed by atoms with Crippen molar-refractivity contribution in [2.24, 2.45) is 0 Å². The van der Waals surface area contributed by atoms with E-state index in [1.165, 1.54) is 0 Å². The van der Waals surface area contributed by atoms with Crippen LogP contribution in [0.4, 0.5) is 0 Å². The molecule has 0 aliphatic heterocycles. The van der Waals surface area contributed by atoms with Gasteiger partial charge < -0.3 is 9.47 Å². The highest BCUT2D eigenvalue weighted by molar-refractivity contribution is 7.86. The predicted octanol–water partition coefficient (Wildman–Crippen LogP) is 4.05. The monoisotopic (exact) mass is 420 g/mol. The van der Waals surface area contributed by atoms with E-state index in [-0.39, 0.29) is 11.5 Å². The van der Waals surface area contributed by atoms with Gasteiger partial charge in [0.15, 0.2) is 5.60 Å². The molecule has 0 fully saturated rings. The maximum Gasteiger partial charge on any atom is 0.349 e. The Morgan fingerprint density at radius 1 is 1.00 bits per heavy atom. The molecule has 2 aromatic carbocycles. The molecule has 0 aliphatic carbocycles. The number of hydrogen-bond donors (Lipinski definition) is 0. The van der Waals surface area contributed by atoms with Crippen molar-refractivity contribution in [3.8, 4) is 5.75 Å². The molecule has 2 rings (SSSR count). The second-order valence-electron chi connectivity index (χ2n) is 7.17. The van der Waals surface area contributed by atoms with Crippen molar-refractivity contribution in [3.05, 3.63) is 59.7 Å². The van der Waals surface area contributed by atoms with E-state index in [1.54, 1.807) is 57.2 Å². The molecule has 0 N–H and O–H groups in total. The first-order chi connectivity index (χ1) is 13.6. The van der Waals surface area contributed by atoms with Crippen molar-refractivity contribution in [1.29, 1.82) is 0 Å². The lowest BCUT2D eigenvalue weighted by molar-refractivity contribution is -0.158. The summed E-state index contributed by atoms with van der Waals surface area (Å²) in [5, 5.41) is 0. The van der Waals surface area contributed by atoms with E-state index in [0.29, 0.717) is 25.2 Å². The first kappa shape index (κ1) is 22.9. The molecule has 0 saturated heterocycles. The Kier molecular flexibility index (Phi) is 7.81. The van der Waals surface area contributed by atoms with E-state index in [9.17, 15) is 13.2 Å². The second kappa shape index (κ2) is 9.89. The lowest BCUT2D eigenvalue weighted by atomic mass is 10.1. The summed E-state index contributed by atoms with van der Waals surface area (Å²) in [6, 6.07) is 13.9. The van der Waals surface area contributed by atoms with Crippen LogP contribution in [0.1, 0.15) is 38.3 Å². The Morgan fingerprint density at radius 3 is 2.21 bits per heavy atom. The Bertz CT molecular complexity index is 899. The first-order valence-electron chi connectivity index (χ1n) is 9.55. The zero-order valence-electron chi connectivity index (χ0n) is 17.3. The van der Waals surface area contributed by atoms with Crippen LogP contribution in [0.5, 0.6) is 5.75 Å². The summed E-state index contributed by atoms with van der Waals surface area (Å²) in [7, 11) is -3.74. The summed E-state index contributed by atoms with van der Waals surface area (Å²) in [6.45, 7) is 7.36. The third-order valence-electron chi connectivity index (χ3n) is 4.22. The molecule has 0 amide bonds. The largest absolute Gasteiger partial charge is 0.476 e. The Morgan fingerprint density at radius 2 is 1.62 bits per heavy atom. The van der Waals surface area contributed by atoms with Crippen LogP contribution in [0.2, 0.25) is 0 Å². The highest BCUT2D eigenvalue weighted by Gasteiger charge is 2.31. The molecule has 0 aromatic heterocycles. The molecule has 0 bridgehead atoms. The van der Waals surface area contributed by atoms with Gasteiger partial charge in [0.05, 0.1) is 18.1 Å². The van der Waals surface area contributed by atoms with Crippen LogP contribution in [-0.4, -0.2) is 33.2 Å². The van der Waals surface area contributed by atoms with Crippen LogP contribution in [0, 0.1) is 6.92 Å². The normalized spacial score (nSPS) is 11.9. The fraction of sp³-hybridized carbons (Fsp3) is 0.409. The molecular weight excluding hydrogens is 392 g/mol. The molecule has 0 spiro atoms. The molecular formula is C22H28O6S. The smallest absolute Gasteiger partial charge is 0.349 e. The first-order valence-corrected chi connectivity index (χ1v) is 11.0. The number of ether oxygens (including phenoxy) is 2. The lowest BCUT2D eigenvalue weighted by Gasteiger charge is -2.24. The van der Waals surface area contributed by atoms with Crippen LogP contribution in [0.3, 0.4) is 0 Å². The van der Waals surface area contributed by atoms with Gasteiger partial charge in [-0.3, -0.25) is 4.18 Å². The van der Waals surface area contributed by atoms with Crippen LogP contribution < -0.4 is 4.74 Å². The van der Waals surface area contributed by atoms with Crippen molar-refractivity contribution >= 4 is 16.1 Å². The number of hydrogen-bond acceptors (Lipinski definition) is 6. The van der Waals surface area contributed by atoms with E-state index in [0.717, 1.165) is 11.1 Å². The van der Waals surface area contributed by atoms with Crippen molar-refractivity contribution in [3.63, 3.8) is 0 Å². The molecule has 0 unspecified atom stereocenters. The average molecular weight is 421 g/mol. The van der Waals surface area contributed by atoms with Crippen molar-refractivity contribution in [1.82, 2.24) is 0 Å². The molecule has 0 aliphatic rings. The second-order valence-corrected chi connectivity index (χ2v) is 8.78. The van der Waals surface area contributed by atoms with E-state index < -0.39 is 21.7 Å². The van der Waals surface area contributed by atoms with Gasteiger partial charge in [-0.05, 0) is 70.4 Å². The molecule has 29 heavy (non-hydrogen) atoms. The summed E-state index contributed by atoms with van der Waals surface area (Å²) in [5.74, 6) is 0.140. The lowest BCUT2D eigenvalue weighted by Crippen LogP contribution is -2.39. The van der Waals surface area contributed by atoms with Gasteiger partial charge in [-0.1, -0.05) is 29.8 Å². The Hall–Kier alpha value is -2.38. The van der Waals surface area contributed by atoms with E-state index in [4.69, 9.17) is 13.7 Å². The van der Waals surface area contributed by atoms with Gasteiger partial charge in [0.2, 0.25) is 0 Å². The standard InChI is InChI=1S/C22H28O6S/c1-5-26-21(23)22(3,4)28-19-12-10-18(11-13-19)7-6-16-27-29(24,25)20-14-8-17(2)9-15-20/h8-15H,5-7,16H2,1-4H3. The Labute approximate surface area is 172 Å². The fourth-order valence-corrected chi connectivity index (χ4v) is 3.53. The van der Waals surface area contributed by atoms with Crippen LogP contribution in [-0.2, 0) is 30.3 Å². The summed E-state index contributed by atoms with van der Waals surface area (Å²) < 4.78 is 40.2. The van der Waals surface area contributed by atoms with Gasteiger partial charge in [-0.25, -0.2) is 4.79 Å². The minimum absolute atomic E-state index is 0.102. The molecule has 0 saturated carbocycles. The fourth-order valence-electron chi connectivity index (χ4n) is 2.58. The number of esters is 1. The van der Waals surface area contributed by atoms with Gasteiger partial charge in [0.1, 0.15) is 5.75 Å². The maximum atomic E-state index is 12.2. The summed E-state index contributed by atoms with van der Waals surface area (Å²) >= 11 is 0. The summed E-state index contributed by atoms with van der Waals surface area (Å²) in [5.41, 5.74) is 0.931. The zero-order valence-corrected chi connectivity index (χ0v) is 18.1. The van der Waals surface area contributed by atoms with E-state index in [1.807, 2.05) is 19.1 Å². The number of carbonyl (C=O) groups excluding carboxylic acids is 1. The van der Waals surface area contributed by atoms with Crippen LogP contribution >= 0.6 is 0 Å². The van der Waals surface area contributed by atoms with Gasteiger partial charge in [0, 0.05) is 0 Å². The molecule has 0 heterocycles. The molecule has 6 nitrogen and oxygen atoms in total. The van der Waals surface area contributed by atoms with Crippen molar-refractivity contribution < 1.29 is 26.9 Å². The predicted molar refractivity (Wildman–Crippen MR) is 110 cm³/mol. The van der Waals surface area contributed by atoms with Crippen molar-refractivity contribution in [2.45, 2.75) is 51.0 Å². The highest BCUT2D eigenvalue weighted by Crippen LogP contribution is 2.21. The topological polar surface area (TPSA) is 78.9 Å². The van der Waals surface area contributed by atoms with E-state index in [2.05, 4.69) is 0 Å². The van der Waals surface area contributed by atoms with Crippen molar-refractivity contribution in [2.75, 3.05) is 13.2 Å². The van der Waals surface area contributed by atoms with Gasteiger partial charge in [-0.15, -0.1) is 0 Å². The molecule has 2 aromatic rings. The number of benzene rings is 2. The van der Waals surface area contributed by atoms with Gasteiger partial charge in [0.25, 0.3) is 10.1 Å². The number of aryl methyl sites for hydroxylation is 2. The molecule has 0 atom stereocenters. The zero-order chi connectivity index (χ0) is 21.5. The molecule has 158 valence electrons. The summed E-state index contributed by atoms with van der Waals surface area (Å²) in [4.78, 5) is 12.1. The highest BCUT2D eigenvalue weighted by atomic mass is 32.2.